The molecule has 0 aliphatic rings. The lowest BCUT2D eigenvalue weighted by Gasteiger charge is -2.09. The largest absolute Gasteiger partial charge is 0.497 e. The molecule has 27 heavy (non-hydrogen) atoms. The van der Waals surface area contributed by atoms with Gasteiger partial charge in [-0.3, -0.25) is 4.79 Å². The van der Waals surface area contributed by atoms with Gasteiger partial charge in [0.05, 0.1) is 24.8 Å². The van der Waals surface area contributed by atoms with Crippen LogP contribution >= 0.6 is 11.6 Å². The molecule has 0 aliphatic heterocycles. The normalized spacial score (nSPS) is 10.2. The number of nitrogens with one attached hydrogen (secondary N) is 2. The van der Waals surface area contributed by atoms with Gasteiger partial charge in [-0.25, -0.2) is 9.97 Å². The van der Waals surface area contributed by atoms with E-state index in [0.717, 1.165) is 11.4 Å². The van der Waals surface area contributed by atoms with E-state index in [1.54, 1.807) is 25.3 Å². The lowest BCUT2D eigenvalue weighted by atomic mass is 10.2. The quantitative estimate of drug-likeness (QED) is 0.664. The second kappa shape index (κ2) is 8.37. The Morgan fingerprint density at radius 3 is 2.22 bits per heavy atom. The third kappa shape index (κ3) is 4.65. The third-order valence-corrected chi connectivity index (χ3v) is 3.97. The molecule has 0 aliphatic carbocycles. The number of amides is 1. The number of benzene rings is 2. The molecule has 1 aromatic heterocycles. The van der Waals surface area contributed by atoms with E-state index in [1.807, 2.05) is 24.3 Å². The number of carbonyl (C=O) groups excluding carboxylic acids is 1. The minimum absolute atomic E-state index is 0.322. The number of carbonyl (C=O) groups is 1. The van der Waals surface area contributed by atoms with Crippen LogP contribution in [0.1, 0.15) is 10.4 Å². The van der Waals surface area contributed by atoms with Crippen LogP contribution in [-0.4, -0.2) is 30.1 Å². The predicted molar refractivity (Wildman–Crippen MR) is 104 cm³/mol. The Balaban J connectivity index is 1.65. The van der Waals surface area contributed by atoms with E-state index in [2.05, 4.69) is 20.6 Å². The molecular weight excluding hydrogens is 368 g/mol. The number of anilines is 3. The molecule has 0 bridgehead atoms. The monoisotopic (exact) mass is 384 g/mol. The van der Waals surface area contributed by atoms with Crippen molar-refractivity contribution in [3.63, 3.8) is 0 Å². The van der Waals surface area contributed by atoms with Gasteiger partial charge >= 0.3 is 0 Å². The van der Waals surface area contributed by atoms with Crippen LogP contribution < -0.4 is 20.1 Å². The summed E-state index contributed by atoms with van der Waals surface area (Å²) in [6.07, 6.45) is 2.89. The zero-order chi connectivity index (χ0) is 19.2. The number of hydrogen-bond acceptors (Lipinski definition) is 6. The predicted octanol–water partition coefficient (Wildman–Crippen LogP) is 4.14. The summed E-state index contributed by atoms with van der Waals surface area (Å²) >= 11 is 6.06. The third-order valence-electron chi connectivity index (χ3n) is 3.67. The molecule has 8 heteroatoms. The minimum atomic E-state index is -0.341. The topological polar surface area (TPSA) is 85.4 Å². The van der Waals surface area contributed by atoms with E-state index in [-0.39, 0.29) is 5.91 Å². The molecule has 7 nitrogen and oxygen atoms in total. The summed E-state index contributed by atoms with van der Waals surface area (Å²) in [4.78, 5) is 20.6. The van der Waals surface area contributed by atoms with Crippen molar-refractivity contribution in [1.29, 1.82) is 0 Å². The molecule has 0 saturated heterocycles. The van der Waals surface area contributed by atoms with Gasteiger partial charge in [-0.05, 0) is 42.5 Å². The molecule has 3 rings (SSSR count). The highest BCUT2D eigenvalue weighted by molar-refractivity contribution is 6.32. The smallest absolute Gasteiger partial charge is 0.258 e. The van der Waals surface area contributed by atoms with Crippen LogP contribution in [0, 0.1) is 0 Å². The standard InChI is InChI=1S/C19H17ClN4O3/c1-26-15-6-3-13(4-7-15)24-19-21-10-12(11-22-19)18(25)23-14-5-8-17(27-2)16(20)9-14/h3-11H,1-2H3,(H,23,25)(H,21,22,24). The number of methoxy groups -OCH3 is 2. The summed E-state index contributed by atoms with van der Waals surface area (Å²) in [7, 11) is 3.13. The van der Waals surface area contributed by atoms with Gasteiger partial charge in [-0.2, -0.15) is 0 Å². The van der Waals surface area contributed by atoms with Gasteiger partial charge in [0.2, 0.25) is 5.95 Å². The summed E-state index contributed by atoms with van der Waals surface area (Å²) in [5.41, 5.74) is 1.68. The van der Waals surface area contributed by atoms with E-state index in [1.165, 1.54) is 19.5 Å². The van der Waals surface area contributed by atoms with Gasteiger partial charge in [0, 0.05) is 23.8 Å². The first-order valence-corrected chi connectivity index (χ1v) is 8.35. The van der Waals surface area contributed by atoms with Crippen LogP contribution in [0.15, 0.2) is 54.9 Å². The van der Waals surface area contributed by atoms with Gasteiger partial charge < -0.3 is 20.1 Å². The Bertz CT molecular complexity index is 931. The minimum Gasteiger partial charge on any atom is -0.497 e. The number of aromatic nitrogens is 2. The summed E-state index contributed by atoms with van der Waals surface area (Å²) in [5.74, 6) is 1.33. The second-order valence-corrected chi connectivity index (χ2v) is 5.86. The average Bonchev–Trinajstić information content (AvgIpc) is 2.69. The van der Waals surface area contributed by atoms with Gasteiger partial charge in [0.25, 0.3) is 5.91 Å². The molecular formula is C19H17ClN4O3. The number of rotatable bonds is 6. The molecule has 0 atom stereocenters. The number of hydrogen-bond donors (Lipinski definition) is 2. The summed E-state index contributed by atoms with van der Waals surface area (Å²) in [5, 5.41) is 6.20. The molecule has 0 unspecified atom stereocenters. The Hall–Kier alpha value is -3.32. The van der Waals surface area contributed by atoms with Crippen LogP contribution in [-0.2, 0) is 0 Å². The zero-order valence-electron chi connectivity index (χ0n) is 14.7. The Kier molecular flexibility index (Phi) is 5.73. The van der Waals surface area contributed by atoms with Gasteiger partial charge in [0.15, 0.2) is 0 Å². The van der Waals surface area contributed by atoms with Crippen LogP contribution in [0.2, 0.25) is 5.02 Å². The van der Waals surface area contributed by atoms with Crippen LogP contribution in [0.4, 0.5) is 17.3 Å². The molecule has 0 spiro atoms. The number of ether oxygens (including phenoxy) is 2. The number of nitrogens with zero attached hydrogens (tertiary/aromatic N) is 2. The van der Waals surface area contributed by atoms with E-state index in [4.69, 9.17) is 21.1 Å². The molecule has 3 aromatic rings. The highest BCUT2D eigenvalue weighted by atomic mass is 35.5. The first-order chi connectivity index (χ1) is 13.1. The van der Waals surface area contributed by atoms with E-state index < -0.39 is 0 Å². The Morgan fingerprint density at radius 1 is 0.963 bits per heavy atom. The van der Waals surface area contributed by atoms with Crippen molar-refractivity contribution >= 4 is 34.8 Å². The van der Waals surface area contributed by atoms with E-state index in [0.29, 0.717) is 28.0 Å². The van der Waals surface area contributed by atoms with E-state index in [9.17, 15) is 4.79 Å². The fourth-order valence-electron chi connectivity index (χ4n) is 2.26. The first-order valence-electron chi connectivity index (χ1n) is 7.97. The molecule has 0 saturated carbocycles. The molecule has 2 N–H and O–H groups in total. The summed E-state index contributed by atoms with van der Waals surface area (Å²) < 4.78 is 10.2. The molecule has 1 amide bonds. The zero-order valence-corrected chi connectivity index (χ0v) is 15.4. The Morgan fingerprint density at radius 2 is 1.63 bits per heavy atom. The number of halogens is 1. The summed E-state index contributed by atoms with van der Waals surface area (Å²) in [6.45, 7) is 0. The SMILES string of the molecule is COc1ccc(Nc2ncc(C(=O)Nc3ccc(OC)c(Cl)c3)cn2)cc1. The highest BCUT2D eigenvalue weighted by Crippen LogP contribution is 2.27. The molecule has 0 fully saturated rings. The van der Waals surface area contributed by atoms with Gasteiger partial charge in [-0.1, -0.05) is 11.6 Å². The second-order valence-electron chi connectivity index (χ2n) is 5.45. The van der Waals surface area contributed by atoms with Crippen molar-refractivity contribution in [2.45, 2.75) is 0 Å². The van der Waals surface area contributed by atoms with Crippen molar-refractivity contribution in [2.75, 3.05) is 24.9 Å². The lowest BCUT2D eigenvalue weighted by molar-refractivity contribution is 0.102. The Labute approximate surface area is 161 Å². The van der Waals surface area contributed by atoms with Crippen molar-refractivity contribution < 1.29 is 14.3 Å². The van der Waals surface area contributed by atoms with Gasteiger partial charge in [0.1, 0.15) is 11.5 Å². The highest BCUT2D eigenvalue weighted by Gasteiger charge is 2.10. The van der Waals surface area contributed by atoms with Crippen LogP contribution in [0.25, 0.3) is 0 Å². The van der Waals surface area contributed by atoms with Crippen molar-refractivity contribution in [3.8, 4) is 11.5 Å². The van der Waals surface area contributed by atoms with E-state index >= 15 is 0 Å². The van der Waals surface area contributed by atoms with Crippen molar-refractivity contribution in [2.24, 2.45) is 0 Å². The fraction of sp³-hybridized carbons (Fsp3) is 0.105. The van der Waals surface area contributed by atoms with Crippen molar-refractivity contribution in [3.05, 3.63) is 65.4 Å². The molecule has 2 aromatic carbocycles. The van der Waals surface area contributed by atoms with Gasteiger partial charge in [-0.15, -0.1) is 0 Å². The average molecular weight is 385 g/mol. The first kappa shape index (κ1) is 18.5. The van der Waals surface area contributed by atoms with Crippen molar-refractivity contribution in [1.82, 2.24) is 9.97 Å². The maximum atomic E-state index is 12.3. The fourth-order valence-corrected chi connectivity index (χ4v) is 2.52. The molecule has 1 heterocycles. The molecule has 138 valence electrons. The molecule has 0 radical (unpaired) electrons. The maximum Gasteiger partial charge on any atom is 0.258 e. The van der Waals surface area contributed by atoms with Crippen LogP contribution in [0.3, 0.4) is 0 Å². The van der Waals surface area contributed by atoms with Crippen LogP contribution in [0.5, 0.6) is 11.5 Å². The maximum absolute atomic E-state index is 12.3. The lowest BCUT2D eigenvalue weighted by Crippen LogP contribution is -2.13. The summed E-state index contributed by atoms with van der Waals surface area (Å²) in [6, 6.07) is 12.3.